The highest BCUT2D eigenvalue weighted by Gasteiger charge is 2.43. The van der Waals surface area contributed by atoms with E-state index >= 15 is 0 Å². The second-order valence-corrected chi connectivity index (χ2v) is 8.12. The molecule has 20 heavy (non-hydrogen) atoms. The molecule has 2 fully saturated rings. The van der Waals surface area contributed by atoms with Crippen LogP contribution in [0.5, 0.6) is 0 Å². The lowest BCUT2D eigenvalue weighted by molar-refractivity contribution is -0.0612. The normalized spacial score (nSPS) is 31.2. The summed E-state index contributed by atoms with van der Waals surface area (Å²) < 4.78 is 4.51. The van der Waals surface area contributed by atoms with Gasteiger partial charge in [0.15, 0.2) is 0 Å². The molecule has 2 heterocycles. The zero-order chi connectivity index (χ0) is 14.4. The maximum atomic E-state index is 10.7. The van der Waals surface area contributed by atoms with E-state index in [1.165, 1.54) is 24.4 Å². The standard InChI is InChI=1S/C15H25N3OS/c1-14(2,3)12-16-13(20-17-12)18-9-8-15(19)7-5-4-6-11(15)10-18/h11,19H,4-10H2,1-3H3. The Bertz CT molecular complexity index is 482. The Morgan fingerprint density at radius 2 is 2.10 bits per heavy atom. The van der Waals surface area contributed by atoms with Crippen molar-refractivity contribution in [1.82, 2.24) is 9.36 Å². The maximum absolute atomic E-state index is 10.7. The van der Waals surface area contributed by atoms with E-state index in [0.717, 1.165) is 43.3 Å². The third kappa shape index (κ3) is 2.58. The van der Waals surface area contributed by atoms with E-state index in [4.69, 9.17) is 4.98 Å². The summed E-state index contributed by atoms with van der Waals surface area (Å²) in [7, 11) is 0. The summed E-state index contributed by atoms with van der Waals surface area (Å²) in [5, 5.41) is 11.8. The average Bonchev–Trinajstić information content (AvgIpc) is 2.87. The molecular weight excluding hydrogens is 270 g/mol. The largest absolute Gasteiger partial charge is 0.389 e. The van der Waals surface area contributed by atoms with Gasteiger partial charge in [0.25, 0.3) is 0 Å². The van der Waals surface area contributed by atoms with Crippen LogP contribution in [-0.4, -0.2) is 33.2 Å². The monoisotopic (exact) mass is 295 g/mol. The second kappa shape index (κ2) is 4.95. The summed E-state index contributed by atoms with van der Waals surface area (Å²) in [6.45, 7) is 8.29. The SMILES string of the molecule is CC(C)(C)c1nsc(N2CCC3(O)CCCCC3C2)n1. The predicted molar refractivity (Wildman–Crippen MR) is 82.3 cm³/mol. The summed E-state index contributed by atoms with van der Waals surface area (Å²) in [6.07, 6.45) is 5.44. The van der Waals surface area contributed by atoms with E-state index in [2.05, 4.69) is 30.0 Å². The molecule has 1 N–H and O–H groups in total. The zero-order valence-corrected chi connectivity index (χ0v) is 13.5. The number of aliphatic hydroxyl groups is 1. The number of aromatic nitrogens is 2. The first-order chi connectivity index (χ1) is 9.38. The van der Waals surface area contributed by atoms with Gasteiger partial charge in [-0.05, 0) is 19.3 Å². The minimum atomic E-state index is -0.410. The van der Waals surface area contributed by atoms with Crippen LogP contribution >= 0.6 is 11.5 Å². The minimum Gasteiger partial charge on any atom is -0.389 e. The number of rotatable bonds is 1. The lowest BCUT2D eigenvalue weighted by atomic mass is 9.71. The maximum Gasteiger partial charge on any atom is 0.205 e. The average molecular weight is 295 g/mol. The van der Waals surface area contributed by atoms with Crippen LogP contribution in [0.15, 0.2) is 0 Å². The molecule has 112 valence electrons. The smallest absolute Gasteiger partial charge is 0.205 e. The molecule has 1 aromatic heterocycles. The van der Waals surface area contributed by atoms with Gasteiger partial charge in [-0.3, -0.25) is 0 Å². The molecule has 0 aromatic carbocycles. The van der Waals surface area contributed by atoms with Crippen LogP contribution < -0.4 is 4.90 Å². The van der Waals surface area contributed by atoms with Crippen molar-refractivity contribution in [2.45, 2.75) is 63.9 Å². The highest BCUT2D eigenvalue weighted by molar-refractivity contribution is 7.09. The molecule has 1 aliphatic heterocycles. The highest BCUT2D eigenvalue weighted by atomic mass is 32.1. The molecule has 1 aliphatic carbocycles. The van der Waals surface area contributed by atoms with E-state index in [1.54, 1.807) is 0 Å². The van der Waals surface area contributed by atoms with Crippen LogP contribution in [0.1, 0.15) is 58.7 Å². The van der Waals surface area contributed by atoms with Gasteiger partial charge in [0.1, 0.15) is 5.82 Å². The van der Waals surface area contributed by atoms with E-state index in [0.29, 0.717) is 5.92 Å². The number of hydrogen-bond acceptors (Lipinski definition) is 5. The lowest BCUT2D eigenvalue weighted by Crippen LogP contribution is -2.53. The number of nitrogens with zero attached hydrogens (tertiary/aromatic N) is 3. The van der Waals surface area contributed by atoms with Crippen LogP contribution in [0.4, 0.5) is 5.13 Å². The van der Waals surface area contributed by atoms with E-state index in [1.807, 2.05) is 0 Å². The fraction of sp³-hybridized carbons (Fsp3) is 0.867. The van der Waals surface area contributed by atoms with Gasteiger partial charge in [0.2, 0.25) is 5.13 Å². The van der Waals surface area contributed by atoms with Crippen LogP contribution in [-0.2, 0) is 5.41 Å². The van der Waals surface area contributed by atoms with Crippen molar-refractivity contribution in [3.63, 3.8) is 0 Å². The summed E-state index contributed by atoms with van der Waals surface area (Å²) in [5.41, 5.74) is -0.400. The molecule has 0 bridgehead atoms. The first-order valence-electron chi connectivity index (χ1n) is 7.70. The molecule has 0 amide bonds. The molecule has 1 saturated heterocycles. The van der Waals surface area contributed by atoms with Gasteiger partial charge in [-0.25, -0.2) is 4.98 Å². The molecule has 2 aliphatic rings. The van der Waals surface area contributed by atoms with Crippen molar-refractivity contribution in [2.75, 3.05) is 18.0 Å². The fourth-order valence-corrected chi connectivity index (χ4v) is 4.28. The van der Waals surface area contributed by atoms with Gasteiger partial charge in [0, 0.05) is 36.0 Å². The van der Waals surface area contributed by atoms with Gasteiger partial charge in [-0.15, -0.1) is 0 Å². The van der Waals surface area contributed by atoms with Crippen molar-refractivity contribution in [2.24, 2.45) is 5.92 Å². The number of hydrogen-bond donors (Lipinski definition) is 1. The zero-order valence-electron chi connectivity index (χ0n) is 12.7. The second-order valence-electron chi connectivity index (χ2n) is 7.39. The predicted octanol–water partition coefficient (Wildman–Crippen LogP) is 2.97. The van der Waals surface area contributed by atoms with Crippen molar-refractivity contribution in [3.8, 4) is 0 Å². The van der Waals surface area contributed by atoms with E-state index in [-0.39, 0.29) is 5.41 Å². The molecule has 2 atom stereocenters. The van der Waals surface area contributed by atoms with Gasteiger partial charge in [-0.2, -0.15) is 4.37 Å². The Hall–Kier alpha value is -0.680. The van der Waals surface area contributed by atoms with Gasteiger partial charge >= 0.3 is 0 Å². The molecule has 5 heteroatoms. The van der Waals surface area contributed by atoms with Crippen LogP contribution in [0, 0.1) is 5.92 Å². The summed E-state index contributed by atoms with van der Waals surface area (Å²) in [6, 6.07) is 0. The molecule has 1 aromatic rings. The quantitative estimate of drug-likeness (QED) is 0.865. The first-order valence-corrected chi connectivity index (χ1v) is 8.47. The Balaban J connectivity index is 1.74. The van der Waals surface area contributed by atoms with Crippen molar-refractivity contribution in [3.05, 3.63) is 5.82 Å². The molecule has 2 unspecified atom stereocenters. The minimum absolute atomic E-state index is 0.0100. The molecule has 0 spiro atoms. The molecule has 1 saturated carbocycles. The fourth-order valence-electron chi connectivity index (χ4n) is 3.39. The van der Waals surface area contributed by atoms with Gasteiger partial charge in [-0.1, -0.05) is 33.6 Å². The molecular formula is C15H25N3OS. The molecule has 0 radical (unpaired) electrons. The Kier molecular flexibility index (Phi) is 3.53. The van der Waals surface area contributed by atoms with E-state index in [9.17, 15) is 5.11 Å². The first kappa shape index (κ1) is 14.3. The lowest BCUT2D eigenvalue weighted by Gasteiger charge is -2.47. The Morgan fingerprint density at radius 1 is 1.30 bits per heavy atom. The van der Waals surface area contributed by atoms with Crippen molar-refractivity contribution >= 4 is 16.7 Å². The number of piperidine rings is 1. The van der Waals surface area contributed by atoms with Crippen LogP contribution in [0.3, 0.4) is 0 Å². The molecule has 3 rings (SSSR count). The van der Waals surface area contributed by atoms with Crippen LogP contribution in [0.25, 0.3) is 0 Å². The van der Waals surface area contributed by atoms with Crippen LogP contribution in [0.2, 0.25) is 0 Å². The van der Waals surface area contributed by atoms with E-state index < -0.39 is 5.60 Å². The third-order valence-corrected chi connectivity index (χ3v) is 5.56. The van der Waals surface area contributed by atoms with Gasteiger partial charge < -0.3 is 10.0 Å². The molecule has 4 nitrogen and oxygen atoms in total. The third-order valence-electron chi connectivity index (χ3n) is 4.78. The van der Waals surface area contributed by atoms with Crippen molar-refractivity contribution < 1.29 is 5.11 Å². The highest BCUT2D eigenvalue weighted by Crippen LogP contribution is 2.41. The summed E-state index contributed by atoms with van der Waals surface area (Å²) in [4.78, 5) is 7.05. The van der Waals surface area contributed by atoms with Crippen molar-refractivity contribution in [1.29, 1.82) is 0 Å². The summed E-state index contributed by atoms with van der Waals surface area (Å²) in [5.74, 6) is 1.34. The number of anilines is 1. The van der Waals surface area contributed by atoms with Gasteiger partial charge in [0.05, 0.1) is 5.60 Å². The Labute approximate surface area is 125 Å². The Morgan fingerprint density at radius 3 is 2.80 bits per heavy atom. The summed E-state index contributed by atoms with van der Waals surface area (Å²) >= 11 is 1.50. The number of fused-ring (bicyclic) bond motifs is 1. The topological polar surface area (TPSA) is 49.2 Å².